The predicted octanol–water partition coefficient (Wildman–Crippen LogP) is 3.31. The van der Waals surface area contributed by atoms with Crippen LogP contribution in [0.4, 0.5) is 0 Å². The predicted molar refractivity (Wildman–Crippen MR) is 126 cm³/mol. The molecule has 0 spiro atoms. The maximum atomic E-state index is 5.43. The maximum Gasteiger partial charge on any atom is 0.191 e. The van der Waals surface area contributed by atoms with Crippen LogP contribution < -0.4 is 10.6 Å². The van der Waals surface area contributed by atoms with Crippen LogP contribution in [0, 0.1) is 6.92 Å². The van der Waals surface area contributed by atoms with Crippen LogP contribution in [0.2, 0.25) is 0 Å². The van der Waals surface area contributed by atoms with Crippen molar-refractivity contribution in [3.05, 3.63) is 70.8 Å². The van der Waals surface area contributed by atoms with E-state index >= 15 is 0 Å². The van der Waals surface area contributed by atoms with Gasteiger partial charge in [-0.25, -0.2) is 0 Å². The monoisotopic (exact) mass is 494 g/mol. The first-order valence-electron chi connectivity index (χ1n) is 9.61. The van der Waals surface area contributed by atoms with E-state index in [1.165, 1.54) is 22.3 Å². The van der Waals surface area contributed by atoms with Crippen LogP contribution in [0.15, 0.2) is 53.5 Å². The summed E-state index contributed by atoms with van der Waals surface area (Å²) in [5, 5.41) is 6.81. The highest BCUT2D eigenvalue weighted by Crippen LogP contribution is 2.10. The summed E-state index contributed by atoms with van der Waals surface area (Å²) in [4.78, 5) is 6.78. The lowest BCUT2D eigenvalue weighted by atomic mass is 10.1. The molecule has 152 valence electrons. The number of halogens is 1. The number of nitrogens with zero attached hydrogens (tertiary/aromatic N) is 2. The highest BCUT2D eigenvalue weighted by atomic mass is 127. The van der Waals surface area contributed by atoms with Gasteiger partial charge in [-0.2, -0.15) is 0 Å². The standard InChI is InChI=1S/C22H30N4O.HI/c1-18-6-3-4-9-21(18)16-25-22(23-2)24-15-19-7-5-8-20(14-19)17-26-10-12-27-13-11-26;/h3-9,14H,10-13,15-17H2,1-2H3,(H2,23,24,25);1H. The van der Waals surface area contributed by atoms with E-state index in [0.717, 1.165) is 51.9 Å². The van der Waals surface area contributed by atoms with Gasteiger partial charge < -0.3 is 15.4 Å². The van der Waals surface area contributed by atoms with Gasteiger partial charge in [-0.15, -0.1) is 24.0 Å². The Morgan fingerprint density at radius 2 is 1.71 bits per heavy atom. The Labute approximate surface area is 185 Å². The fourth-order valence-electron chi connectivity index (χ4n) is 3.25. The number of hydrogen-bond acceptors (Lipinski definition) is 3. The molecular formula is C22H31IN4O. The minimum absolute atomic E-state index is 0. The molecule has 5 nitrogen and oxygen atoms in total. The molecule has 28 heavy (non-hydrogen) atoms. The van der Waals surface area contributed by atoms with E-state index < -0.39 is 0 Å². The first-order chi connectivity index (χ1) is 13.2. The normalized spacial score (nSPS) is 15.0. The van der Waals surface area contributed by atoms with Crippen LogP contribution in [0.5, 0.6) is 0 Å². The van der Waals surface area contributed by atoms with Crippen molar-refractivity contribution < 1.29 is 4.74 Å². The third-order valence-electron chi connectivity index (χ3n) is 4.89. The second-order valence-corrected chi connectivity index (χ2v) is 6.91. The molecule has 1 saturated heterocycles. The molecule has 1 heterocycles. The lowest BCUT2D eigenvalue weighted by Crippen LogP contribution is -2.36. The van der Waals surface area contributed by atoms with Gasteiger partial charge in [0.05, 0.1) is 13.2 Å². The highest BCUT2D eigenvalue weighted by molar-refractivity contribution is 14.0. The summed E-state index contributed by atoms with van der Waals surface area (Å²) in [6, 6.07) is 17.2. The van der Waals surface area contributed by atoms with E-state index in [1.807, 2.05) is 7.05 Å². The van der Waals surface area contributed by atoms with E-state index in [0.29, 0.717) is 0 Å². The van der Waals surface area contributed by atoms with Gasteiger partial charge in [-0.1, -0.05) is 48.5 Å². The molecule has 2 N–H and O–H groups in total. The lowest BCUT2D eigenvalue weighted by Gasteiger charge is -2.26. The summed E-state index contributed by atoms with van der Waals surface area (Å²) in [6.45, 7) is 8.34. The first kappa shape index (κ1) is 22.6. The Hall–Kier alpha value is -1.64. The van der Waals surface area contributed by atoms with Crippen LogP contribution in [0.25, 0.3) is 0 Å². The molecule has 0 radical (unpaired) electrons. The minimum atomic E-state index is 0. The number of morpholine rings is 1. The molecule has 0 unspecified atom stereocenters. The van der Waals surface area contributed by atoms with Gasteiger partial charge in [0.1, 0.15) is 0 Å². The third-order valence-corrected chi connectivity index (χ3v) is 4.89. The summed E-state index contributed by atoms with van der Waals surface area (Å²) < 4.78 is 5.43. The van der Waals surface area contributed by atoms with Crippen molar-refractivity contribution >= 4 is 29.9 Å². The average Bonchev–Trinajstić information content (AvgIpc) is 2.70. The van der Waals surface area contributed by atoms with Gasteiger partial charge in [0.2, 0.25) is 0 Å². The molecule has 6 heteroatoms. The van der Waals surface area contributed by atoms with E-state index in [2.05, 4.69) is 76.0 Å². The van der Waals surface area contributed by atoms with Crippen molar-refractivity contribution in [2.45, 2.75) is 26.6 Å². The average molecular weight is 494 g/mol. The van der Waals surface area contributed by atoms with Crippen molar-refractivity contribution in [1.82, 2.24) is 15.5 Å². The Balaban J connectivity index is 0.00000280. The number of ether oxygens (including phenoxy) is 1. The van der Waals surface area contributed by atoms with Crippen LogP contribution in [0.1, 0.15) is 22.3 Å². The number of aliphatic imine (C=N–C) groups is 1. The number of nitrogens with one attached hydrogen (secondary N) is 2. The molecule has 0 bridgehead atoms. The van der Waals surface area contributed by atoms with E-state index in [4.69, 9.17) is 4.74 Å². The molecule has 0 amide bonds. The number of hydrogen-bond donors (Lipinski definition) is 2. The van der Waals surface area contributed by atoms with Gasteiger partial charge in [0.15, 0.2) is 5.96 Å². The Morgan fingerprint density at radius 1 is 1.00 bits per heavy atom. The fourth-order valence-corrected chi connectivity index (χ4v) is 3.25. The highest BCUT2D eigenvalue weighted by Gasteiger charge is 2.10. The maximum absolute atomic E-state index is 5.43. The number of benzene rings is 2. The zero-order valence-corrected chi connectivity index (χ0v) is 19.1. The van der Waals surface area contributed by atoms with E-state index in [-0.39, 0.29) is 24.0 Å². The van der Waals surface area contributed by atoms with Gasteiger partial charge in [-0.05, 0) is 29.2 Å². The number of aryl methyl sites for hydroxylation is 1. The topological polar surface area (TPSA) is 48.9 Å². The van der Waals surface area contributed by atoms with Gasteiger partial charge in [0, 0.05) is 39.8 Å². The molecule has 2 aromatic rings. The summed E-state index contributed by atoms with van der Waals surface area (Å²) in [5.74, 6) is 0.817. The molecule has 0 saturated carbocycles. The minimum Gasteiger partial charge on any atom is -0.379 e. The third kappa shape index (κ3) is 7.07. The molecule has 1 aliphatic heterocycles. The Morgan fingerprint density at radius 3 is 2.46 bits per heavy atom. The molecule has 0 aliphatic carbocycles. The van der Waals surface area contributed by atoms with E-state index in [9.17, 15) is 0 Å². The Bertz CT molecular complexity index is 760. The molecular weight excluding hydrogens is 463 g/mol. The summed E-state index contributed by atoms with van der Waals surface area (Å²) in [5.41, 5.74) is 5.18. The molecule has 1 aliphatic rings. The van der Waals surface area contributed by atoms with Crippen LogP contribution >= 0.6 is 24.0 Å². The molecule has 2 aromatic carbocycles. The quantitative estimate of drug-likeness (QED) is 0.368. The second kappa shape index (κ2) is 12.0. The molecule has 1 fully saturated rings. The van der Waals surface area contributed by atoms with Crippen molar-refractivity contribution in [2.24, 2.45) is 4.99 Å². The summed E-state index contributed by atoms with van der Waals surface area (Å²) in [6.07, 6.45) is 0. The van der Waals surface area contributed by atoms with Crippen LogP contribution in [-0.2, 0) is 24.4 Å². The number of rotatable bonds is 6. The SMILES string of the molecule is CN=C(NCc1cccc(CN2CCOCC2)c1)NCc1ccccc1C.I. The van der Waals surface area contributed by atoms with Crippen molar-refractivity contribution in [3.63, 3.8) is 0 Å². The van der Waals surface area contributed by atoms with Gasteiger partial charge in [-0.3, -0.25) is 9.89 Å². The molecule has 0 aromatic heterocycles. The lowest BCUT2D eigenvalue weighted by molar-refractivity contribution is 0.0342. The van der Waals surface area contributed by atoms with Crippen LogP contribution in [0.3, 0.4) is 0 Å². The summed E-state index contributed by atoms with van der Waals surface area (Å²) >= 11 is 0. The van der Waals surface area contributed by atoms with Crippen molar-refractivity contribution in [2.75, 3.05) is 33.4 Å². The zero-order valence-electron chi connectivity index (χ0n) is 16.8. The fraction of sp³-hybridized carbons (Fsp3) is 0.409. The smallest absolute Gasteiger partial charge is 0.191 e. The van der Waals surface area contributed by atoms with Crippen molar-refractivity contribution in [1.29, 1.82) is 0 Å². The van der Waals surface area contributed by atoms with Gasteiger partial charge >= 0.3 is 0 Å². The van der Waals surface area contributed by atoms with E-state index in [1.54, 1.807) is 0 Å². The largest absolute Gasteiger partial charge is 0.379 e. The van der Waals surface area contributed by atoms with Gasteiger partial charge in [0.25, 0.3) is 0 Å². The first-order valence-corrected chi connectivity index (χ1v) is 9.61. The zero-order chi connectivity index (χ0) is 18.9. The number of guanidine groups is 1. The Kier molecular flexibility index (Phi) is 9.73. The second-order valence-electron chi connectivity index (χ2n) is 6.91. The molecule has 3 rings (SSSR count). The molecule has 0 atom stereocenters. The summed E-state index contributed by atoms with van der Waals surface area (Å²) in [7, 11) is 1.81. The van der Waals surface area contributed by atoms with Crippen LogP contribution in [-0.4, -0.2) is 44.2 Å². The van der Waals surface area contributed by atoms with Crippen molar-refractivity contribution in [3.8, 4) is 0 Å².